The highest BCUT2D eigenvalue weighted by molar-refractivity contribution is 6.03. The molecule has 2 N–H and O–H groups in total. The quantitative estimate of drug-likeness (QED) is 0.487. The van der Waals surface area contributed by atoms with Gasteiger partial charge in [-0.05, 0) is 25.3 Å². The van der Waals surface area contributed by atoms with Crippen LogP contribution in [0.5, 0.6) is 5.75 Å². The summed E-state index contributed by atoms with van der Waals surface area (Å²) < 4.78 is 13.2. The lowest BCUT2D eigenvalue weighted by atomic mass is 9.93. The molecule has 31 heavy (non-hydrogen) atoms. The van der Waals surface area contributed by atoms with Crippen molar-refractivity contribution in [2.24, 2.45) is 7.05 Å². The van der Waals surface area contributed by atoms with Crippen LogP contribution in [0.4, 0.5) is 0 Å². The van der Waals surface area contributed by atoms with E-state index in [0.29, 0.717) is 42.6 Å². The molecule has 4 rings (SSSR count). The topological polar surface area (TPSA) is 112 Å². The van der Waals surface area contributed by atoms with Crippen LogP contribution in [0.1, 0.15) is 50.1 Å². The Morgan fingerprint density at radius 3 is 2.84 bits per heavy atom. The molecule has 2 heterocycles. The minimum absolute atomic E-state index is 0.124. The number of hydrogen-bond donors (Lipinski definition) is 2. The first-order valence-electron chi connectivity index (χ1n) is 10.8. The van der Waals surface area contributed by atoms with Gasteiger partial charge in [0.1, 0.15) is 11.3 Å². The average Bonchev–Trinajstić information content (AvgIpc) is 3.38. The maximum Gasteiger partial charge on any atom is 0.258 e. The molecule has 166 valence electrons. The third kappa shape index (κ3) is 4.87. The summed E-state index contributed by atoms with van der Waals surface area (Å²) in [5.41, 5.74) is 1.32. The Hall–Kier alpha value is -2.94. The van der Waals surface area contributed by atoms with Crippen molar-refractivity contribution in [2.75, 3.05) is 19.8 Å². The molecular formula is C22H28N4O5. The van der Waals surface area contributed by atoms with Gasteiger partial charge in [0, 0.05) is 25.4 Å². The van der Waals surface area contributed by atoms with Crippen LogP contribution in [0.25, 0.3) is 10.9 Å². The molecule has 2 aromatic rings. The van der Waals surface area contributed by atoms with Gasteiger partial charge in [-0.25, -0.2) is 0 Å². The van der Waals surface area contributed by atoms with Gasteiger partial charge in [0.15, 0.2) is 6.61 Å². The number of amides is 3. The lowest BCUT2D eigenvalue weighted by Gasteiger charge is -2.19. The van der Waals surface area contributed by atoms with Crippen LogP contribution in [0.3, 0.4) is 0 Å². The standard InChI is InChI=1S/C22H28N4O5/c1-26-21-15(20(25-26)16-9-10-18(27)24-22(16)29)7-4-8-17(21)31-13-19(28)23-11-12-30-14-5-2-3-6-14/h4,7-8,14,16H,2-3,5-6,9-13H2,1H3,(H,23,28)(H,24,27,29). The van der Waals surface area contributed by atoms with Gasteiger partial charge in [-0.2, -0.15) is 5.10 Å². The number of nitrogens with one attached hydrogen (secondary N) is 2. The zero-order chi connectivity index (χ0) is 21.8. The molecule has 1 saturated carbocycles. The number of benzene rings is 1. The Morgan fingerprint density at radius 2 is 2.06 bits per heavy atom. The average molecular weight is 428 g/mol. The monoisotopic (exact) mass is 428 g/mol. The molecule has 1 unspecified atom stereocenters. The molecule has 0 radical (unpaired) electrons. The first-order chi connectivity index (χ1) is 15.0. The molecule has 1 aromatic carbocycles. The second kappa shape index (κ2) is 9.47. The van der Waals surface area contributed by atoms with Gasteiger partial charge in [-0.15, -0.1) is 0 Å². The number of imide groups is 1. The Morgan fingerprint density at radius 1 is 1.26 bits per heavy atom. The maximum absolute atomic E-state index is 12.3. The van der Waals surface area contributed by atoms with Gasteiger partial charge in [0.05, 0.1) is 24.3 Å². The van der Waals surface area contributed by atoms with Crippen molar-refractivity contribution in [1.29, 1.82) is 0 Å². The molecule has 1 aromatic heterocycles. The number of carbonyl (C=O) groups is 3. The van der Waals surface area contributed by atoms with Crippen molar-refractivity contribution in [3.8, 4) is 5.75 Å². The largest absolute Gasteiger partial charge is 0.482 e. The highest BCUT2D eigenvalue weighted by atomic mass is 16.5. The number of nitrogens with zero attached hydrogens (tertiary/aromatic N) is 2. The number of hydrogen-bond acceptors (Lipinski definition) is 6. The second-order valence-corrected chi connectivity index (χ2v) is 8.08. The van der Waals surface area contributed by atoms with Crippen LogP contribution in [-0.2, 0) is 26.2 Å². The number of carbonyl (C=O) groups excluding carboxylic acids is 3. The number of rotatable bonds is 8. The fourth-order valence-corrected chi connectivity index (χ4v) is 4.32. The molecule has 0 spiro atoms. The van der Waals surface area contributed by atoms with Crippen LogP contribution in [0.15, 0.2) is 18.2 Å². The molecule has 2 aliphatic rings. The first kappa shape index (κ1) is 21.3. The fourth-order valence-electron chi connectivity index (χ4n) is 4.32. The molecule has 1 aliphatic heterocycles. The summed E-state index contributed by atoms with van der Waals surface area (Å²) in [5.74, 6) is -0.783. The Balaban J connectivity index is 1.37. The smallest absolute Gasteiger partial charge is 0.258 e. The van der Waals surface area contributed by atoms with Crippen molar-refractivity contribution in [3.05, 3.63) is 23.9 Å². The fraction of sp³-hybridized carbons (Fsp3) is 0.545. The van der Waals surface area contributed by atoms with Crippen LogP contribution < -0.4 is 15.4 Å². The van der Waals surface area contributed by atoms with E-state index < -0.39 is 5.92 Å². The Labute approximate surface area is 180 Å². The summed E-state index contributed by atoms with van der Waals surface area (Å²) in [6.45, 7) is 0.832. The van der Waals surface area contributed by atoms with E-state index in [-0.39, 0.29) is 30.7 Å². The van der Waals surface area contributed by atoms with Crippen LogP contribution in [-0.4, -0.2) is 53.4 Å². The van der Waals surface area contributed by atoms with Gasteiger partial charge in [-0.1, -0.05) is 25.0 Å². The maximum atomic E-state index is 12.3. The van der Waals surface area contributed by atoms with Crippen LogP contribution >= 0.6 is 0 Å². The Kier molecular flexibility index (Phi) is 6.50. The molecule has 9 heteroatoms. The van der Waals surface area contributed by atoms with Crippen molar-refractivity contribution < 1.29 is 23.9 Å². The van der Waals surface area contributed by atoms with Crippen molar-refractivity contribution in [1.82, 2.24) is 20.4 Å². The zero-order valence-electron chi connectivity index (χ0n) is 17.7. The van der Waals surface area contributed by atoms with Gasteiger partial charge in [0.2, 0.25) is 11.8 Å². The van der Waals surface area contributed by atoms with Crippen LogP contribution in [0.2, 0.25) is 0 Å². The van der Waals surface area contributed by atoms with Gasteiger partial charge < -0.3 is 14.8 Å². The summed E-state index contributed by atoms with van der Waals surface area (Å²) in [6.07, 6.45) is 5.68. The number of ether oxygens (including phenoxy) is 2. The van der Waals surface area contributed by atoms with Gasteiger partial charge in [-0.3, -0.25) is 24.4 Å². The van der Waals surface area contributed by atoms with E-state index in [2.05, 4.69) is 15.7 Å². The number of aryl methyl sites for hydroxylation is 1. The highest BCUT2D eigenvalue weighted by Crippen LogP contribution is 2.34. The predicted molar refractivity (Wildman–Crippen MR) is 113 cm³/mol. The molecule has 1 aliphatic carbocycles. The summed E-state index contributed by atoms with van der Waals surface area (Å²) in [4.78, 5) is 35.9. The molecule has 2 fully saturated rings. The third-order valence-corrected chi connectivity index (χ3v) is 5.86. The molecule has 1 atom stereocenters. The third-order valence-electron chi connectivity index (χ3n) is 5.86. The first-order valence-corrected chi connectivity index (χ1v) is 10.8. The minimum atomic E-state index is -0.486. The lowest BCUT2D eigenvalue weighted by molar-refractivity contribution is -0.134. The van der Waals surface area contributed by atoms with E-state index in [0.717, 1.165) is 18.2 Å². The molecule has 1 saturated heterocycles. The molecule has 3 amide bonds. The van der Waals surface area contributed by atoms with Crippen molar-refractivity contribution >= 4 is 28.6 Å². The number of fused-ring (bicyclic) bond motifs is 1. The van der Waals surface area contributed by atoms with Gasteiger partial charge in [0.25, 0.3) is 5.91 Å². The van der Waals surface area contributed by atoms with E-state index in [1.54, 1.807) is 17.8 Å². The zero-order valence-corrected chi connectivity index (χ0v) is 17.7. The van der Waals surface area contributed by atoms with Crippen molar-refractivity contribution in [3.63, 3.8) is 0 Å². The van der Waals surface area contributed by atoms with E-state index in [9.17, 15) is 14.4 Å². The van der Waals surface area contributed by atoms with E-state index in [1.165, 1.54) is 12.8 Å². The summed E-state index contributed by atoms with van der Waals surface area (Å²) in [6, 6.07) is 5.45. The summed E-state index contributed by atoms with van der Waals surface area (Å²) >= 11 is 0. The number of aromatic nitrogens is 2. The van der Waals surface area contributed by atoms with Crippen molar-refractivity contribution in [2.45, 2.75) is 50.5 Å². The summed E-state index contributed by atoms with van der Waals surface area (Å²) in [5, 5.41) is 10.5. The number of piperidine rings is 1. The predicted octanol–water partition coefficient (Wildman–Crippen LogP) is 1.55. The molecule has 0 bridgehead atoms. The van der Waals surface area contributed by atoms with E-state index >= 15 is 0 Å². The second-order valence-electron chi connectivity index (χ2n) is 8.08. The number of para-hydroxylation sites is 1. The SMILES string of the molecule is Cn1nc(C2CCC(=O)NC2=O)c2cccc(OCC(=O)NCCOC3CCCC3)c21. The van der Waals surface area contributed by atoms with Crippen LogP contribution in [0, 0.1) is 0 Å². The normalized spacial score (nSPS) is 19.6. The summed E-state index contributed by atoms with van der Waals surface area (Å²) in [7, 11) is 1.77. The van der Waals surface area contributed by atoms with E-state index in [4.69, 9.17) is 9.47 Å². The molecular weight excluding hydrogens is 400 g/mol. The Bertz CT molecular complexity index is 980. The highest BCUT2D eigenvalue weighted by Gasteiger charge is 2.32. The molecule has 9 nitrogen and oxygen atoms in total. The van der Waals surface area contributed by atoms with Gasteiger partial charge >= 0.3 is 0 Å². The lowest BCUT2D eigenvalue weighted by Crippen LogP contribution is -2.39. The minimum Gasteiger partial charge on any atom is -0.482 e. The van der Waals surface area contributed by atoms with E-state index in [1.807, 2.05) is 12.1 Å².